The molecule has 2 amide bonds. The van der Waals surface area contributed by atoms with E-state index < -0.39 is 21.6 Å². The number of furan rings is 1. The predicted molar refractivity (Wildman–Crippen MR) is 95.0 cm³/mol. The van der Waals surface area contributed by atoms with Gasteiger partial charge in [0, 0.05) is 32.4 Å². The zero-order valence-electron chi connectivity index (χ0n) is 14.3. The average Bonchev–Trinajstić information content (AvgIpc) is 3.11. The Bertz CT molecular complexity index is 997. The molecular formula is C17H16ClFN2O5S. The summed E-state index contributed by atoms with van der Waals surface area (Å²) in [6.45, 7) is 1.02. The first kappa shape index (κ1) is 19.4. The lowest BCUT2D eigenvalue weighted by atomic mass is 10.1. The van der Waals surface area contributed by atoms with Crippen LogP contribution in [0.2, 0.25) is 5.02 Å². The Hall–Kier alpha value is -2.39. The van der Waals surface area contributed by atoms with E-state index in [4.69, 9.17) is 16.0 Å². The zero-order valence-corrected chi connectivity index (χ0v) is 15.9. The van der Waals surface area contributed by atoms with E-state index >= 15 is 0 Å². The Kier molecular flexibility index (Phi) is 5.25. The third kappa shape index (κ3) is 4.14. The normalized spacial score (nSPS) is 15.1. The molecule has 0 atom stereocenters. The molecule has 1 aliphatic heterocycles. The summed E-state index contributed by atoms with van der Waals surface area (Å²) in [5.41, 5.74) is 0.196. The SMILES string of the molecule is CS(=O)(=O)c1ccc(C(=O)N2CCN(C(=O)c3ccc(F)cc3Cl)CC2)o1. The van der Waals surface area contributed by atoms with E-state index in [2.05, 4.69) is 0 Å². The van der Waals surface area contributed by atoms with Crippen molar-refractivity contribution in [2.75, 3.05) is 32.4 Å². The molecule has 0 unspecified atom stereocenters. The Labute approximate surface area is 160 Å². The molecule has 0 N–H and O–H groups in total. The van der Waals surface area contributed by atoms with Gasteiger partial charge in [-0.3, -0.25) is 9.59 Å². The average molecular weight is 415 g/mol. The maximum absolute atomic E-state index is 13.1. The first-order chi connectivity index (χ1) is 12.7. The van der Waals surface area contributed by atoms with Crippen LogP contribution < -0.4 is 0 Å². The van der Waals surface area contributed by atoms with Crippen molar-refractivity contribution in [2.24, 2.45) is 0 Å². The van der Waals surface area contributed by atoms with E-state index in [0.29, 0.717) is 0 Å². The highest BCUT2D eigenvalue weighted by atomic mass is 35.5. The molecule has 0 aliphatic carbocycles. The zero-order chi connectivity index (χ0) is 19.8. The summed E-state index contributed by atoms with van der Waals surface area (Å²) < 4.78 is 41.1. The molecule has 1 saturated heterocycles. The molecule has 1 aromatic carbocycles. The van der Waals surface area contributed by atoms with Crippen molar-refractivity contribution in [3.63, 3.8) is 0 Å². The molecule has 0 radical (unpaired) electrons. The van der Waals surface area contributed by atoms with Gasteiger partial charge in [-0.15, -0.1) is 0 Å². The number of amides is 2. The molecular weight excluding hydrogens is 399 g/mol. The predicted octanol–water partition coefficient (Wildman–Crippen LogP) is 2.07. The van der Waals surface area contributed by atoms with Crippen LogP contribution in [-0.4, -0.2) is 62.5 Å². The van der Waals surface area contributed by atoms with Crippen LogP contribution >= 0.6 is 11.6 Å². The van der Waals surface area contributed by atoms with Crippen molar-refractivity contribution in [3.05, 3.63) is 52.5 Å². The van der Waals surface area contributed by atoms with Gasteiger partial charge in [0.25, 0.3) is 11.8 Å². The van der Waals surface area contributed by atoms with Crippen molar-refractivity contribution in [1.82, 2.24) is 9.80 Å². The standard InChI is InChI=1S/C17H16ClFN2O5S/c1-27(24,25)15-5-4-14(26-15)17(23)21-8-6-20(7-9-21)16(22)12-3-2-11(19)10-13(12)18/h2-5,10H,6-9H2,1H3. The quantitative estimate of drug-likeness (QED) is 0.767. The highest BCUT2D eigenvalue weighted by Crippen LogP contribution is 2.21. The summed E-state index contributed by atoms with van der Waals surface area (Å²) in [5.74, 6) is -1.39. The fourth-order valence-corrected chi connectivity index (χ4v) is 3.54. The lowest BCUT2D eigenvalue weighted by Crippen LogP contribution is -2.50. The molecule has 1 aromatic heterocycles. The highest BCUT2D eigenvalue weighted by molar-refractivity contribution is 7.90. The number of hydrogen-bond donors (Lipinski definition) is 0. The largest absolute Gasteiger partial charge is 0.440 e. The Balaban J connectivity index is 1.65. The Morgan fingerprint density at radius 1 is 1.04 bits per heavy atom. The van der Waals surface area contributed by atoms with Gasteiger partial charge in [-0.2, -0.15) is 0 Å². The van der Waals surface area contributed by atoms with Crippen molar-refractivity contribution in [2.45, 2.75) is 5.09 Å². The van der Waals surface area contributed by atoms with Crippen molar-refractivity contribution in [1.29, 1.82) is 0 Å². The van der Waals surface area contributed by atoms with Crippen molar-refractivity contribution >= 4 is 33.3 Å². The van der Waals surface area contributed by atoms with Gasteiger partial charge in [0.05, 0.1) is 10.6 Å². The maximum atomic E-state index is 13.1. The minimum atomic E-state index is -3.53. The Morgan fingerprint density at radius 3 is 2.15 bits per heavy atom. The molecule has 27 heavy (non-hydrogen) atoms. The molecule has 0 spiro atoms. The van der Waals surface area contributed by atoms with Crippen molar-refractivity contribution in [3.8, 4) is 0 Å². The monoisotopic (exact) mass is 414 g/mol. The van der Waals surface area contributed by atoms with Crippen LogP contribution in [0, 0.1) is 5.82 Å². The summed E-state index contributed by atoms with van der Waals surface area (Å²) >= 11 is 5.93. The number of carbonyl (C=O) groups is 2. The van der Waals surface area contributed by atoms with E-state index in [-0.39, 0.29) is 53.5 Å². The molecule has 1 aliphatic rings. The molecule has 1 fully saturated rings. The fraction of sp³-hybridized carbons (Fsp3) is 0.294. The van der Waals surface area contributed by atoms with Gasteiger partial charge in [-0.05, 0) is 30.3 Å². The lowest BCUT2D eigenvalue weighted by molar-refractivity contribution is 0.0515. The fourth-order valence-electron chi connectivity index (χ4n) is 2.74. The summed E-state index contributed by atoms with van der Waals surface area (Å²) in [6.07, 6.45) is 0.991. The van der Waals surface area contributed by atoms with E-state index in [1.165, 1.54) is 28.0 Å². The van der Waals surface area contributed by atoms with Crippen LogP contribution in [0.25, 0.3) is 0 Å². The van der Waals surface area contributed by atoms with Gasteiger partial charge in [-0.25, -0.2) is 12.8 Å². The number of halogens is 2. The van der Waals surface area contributed by atoms with E-state index in [1.54, 1.807) is 0 Å². The molecule has 3 rings (SSSR count). The second-order valence-electron chi connectivity index (χ2n) is 6.10. The third-order valence-corrected chi connectivity index (χ3v) is 5.44. The molecule has 0 bridgehead atoms. The first-order valence-electron chi connectivity index (χ1n) is 8.00. The molecule has 2 aromatic rings. The van der Waals surface area contributed by atoms with Crippen LogP contribution in [0.5, 0.6) is 0 Å². The van der Waals surface area contributed by atoms with Crippen LogP contribution in [0.4, 0.5) is 4.39 Å². The summed E-state index contributed by atoms with van der Waals surface area (Å²) in [5, 5.41) is -0.243. The number of hydrogen-bond acceptors (Lipinski definition) is 5. The smallest absolute Gasteiger partial charge is 0.289 e. The molecule has 144 valence electrons. The highest BCUT2D eigenvalue weighted by Gasteiger charge is 2.28. The number of rotatable bonds is 3. The van der Waals surface area contributed by atoms with Gasteiger partial charge in [0.2, 0.25) is 14.9 Å². The van der Waals surface area contributed by atoms with Crippen LogP contribution in [-0.2, 0) is 9.84 Å². The minimum absolute atomic E-state index is 0.0300. The van der Waals surface area contributed by atoms with Gasteiger partial charge < -0.3 is 14.2 Å². The summed E-state index contributed by atoms with van der Waals surface area (Å²) in [7, 11) is -3.53. The second-order valence-corrected chi connectivity index (χ2v) is 8.45. The van der Waals surface area contributed by atoms with Gasteiger partial charge >= 0.3 is 0 Å². The van der Waals surface area contributed by atoms with E-state index in [9.17, 15) is 22.4 Å². The summed E-state index contributed by atoms with van der Waals surface area (Å²) in [6, 6.07) is 6.11. The van der Waals surface area contributed by atoms with E-state index in [1.807, 2.05) is 0 Å². The molecule has 0 saturated carbocycles. The number of sulfone groups is 1. The number of piperazine rings is 1. The molecule has 7 nitrogen and oxygen atoms in total. The first-order valence-corrected chi connectivity index (χ1v) is 10.3. The summed E-state index contributed by atoms with van der Waals surface area (Å²) in [4.78, 5) is 28.0. The lowest BCUT2D eigenvalue weighted by Gasteiger charge is -2.34. The maximum Gasteiger partial charge on any atom is 0.289 e. The second kappa shape index (κ2) is 7.32. The third-order valence-electron chi connectivity index (χ3n) is 4.17. The topological polar surface area (TPSA) is 87.9 Å². The van der Waals surface area contributed by atoms with Gasteiger partial charge in [-0.1, -0.05) is 11.6 Å². The Morgan fingerprint density at radius 2 is 1.63 bits per heavy atom. The van der Waals surface area contributed by atoms with Crippen LogP contribution in [0.1, 0.15) is 20.9 Å². The number of benzene rings is 1. The van der Waals surface area contributed by atoms with Crippen LogP contribution in [0.15, 0.2) is 39.8 Å². The van der Waals surface area contributed by atoms with E-state index in [0.717, 1.165) is 18.4 Å². The molecule has 2 heterocycles. The minimum Gasteiger partial charge on any atom is -0.440 e. The van der Waals surface area contributed by atoms with Crippen molar-refractivity contribution < 1.29 is 26.8 Å². The van der Waals surface area contributed by atoms with Crippen LogP contribution in [0.3, 0.4) is 0 Å². The van der Waals surface area contributed by atoms with Gasteiger partial charge in [0.1, 0.15) is 5.82 Å². The number of nitrogens with zero attached hydrogens (tertiary/aromatic N) is 2. The number of carbonyl (C=O) groups excluding carboxylic acids is 2. The van der Waals surface area contributed by atoms with Gasteiger partial charge in [0.15, 0.2) is 5.76 Å². The molecule has 10 heteroatoms.